The summed E-state index contributed by atoms with van der Waals surface area (Å²) in [6, 6.07) is 1.99. The van der Waals surface area contributed by atoms with Crippen molar-refractivity contribution in [1.29, 1.82) is 0 Å². The lowest BCUT2D eigenvalue weighted by Crippen LogP contribution is -2.48. The maximum absolute atomic E-state index is 13.3. The molecule has 1 aliphatic carbocycles. The average molecular weight is 551 g/mol. The molecule has 162 valence electrons. The van der Waals surface area contributed by atoms with Gasteiger partial charge in [-0.05, 0) is 82.0 Å². The van der Waals surface area contributed by atoms with E-state index in [1.54, 1.807) is 11.3 Å². The fourth-order valence-electron chi connectivity index (χ4n) is 4.39. The molecule has 0 spiro atoms. The minimum Gasteiger partial charge on any atom is -0.393 e. The predicted molar refractivity (Wildman–Crippen MR) is 123 cm³/mol. The summed E-state index contributed by atoms with van der Waals surface area (Å²) in [5, 5.41) is 21.6. The van der Waals surface area contributed by atoms with Crippen molar-refractivity contribution in [2.45, 2.75) is 70.0 Å². The molecule has 0 bridgehead atoms. The van der Waals surface area contributed by atoms with Crippen LogP contribution in [0.2, 0.25) is 0 Å². The second-order valence-corrected chi connectivity index (χ2v) is 11.5. The van der Waals surface area contributed by atoms with E-state index in [-0.39, 0.29) is 31.0 Å². The Bertz CT molecular complexity index is 766. The monoisotopic (exact) mass is 549 g/mol. The molecule has 0 saturated heterocycles. The van der Waals surface area contributed by atoms with Crippen LogP contribution in [0.3, 0.4) is 0 Å². The molecule has 4 N–H and O–H groups in total. The smallest absolute Gasteiger partial charge is 0.220 e. The van der Waals surface area contributed by atoms with E-state index in [2.05, 4.69) is 31.9 Å². The number of thiophene rings is 1. The molecule has 1 aromatic rings. The fraction of sp³-hybridized carbons (Fsp3) is 0.619. The molecule has 1 fully saturated rings. The third-order valence-corrected chi connectivity index (χ3v) is 8.33. The molecule has 0 aromatic carbocycles. The molecule has 2 rings (SSSR count). The van der Waals surface area contributed by atoms with Crippen molar-refractivity contribution in [3.8, 4) is 0 Å². The van der Waals surface area contributed by atoms with Crippen LogP contribution < -0.4 is 5.73 Å². The van der Waals surface area contributed by atoms with Crippen molar-refractivity contribution in [2.75, 3.05) is 0 Å². The lowest BCUT2D eigenvalue weighted by molar-refractivity contribution is -0.146. The van der Waals surface area contributed by atoms with Gasteiger partial charge in [0, 0.05) is 24.7 Å². The number of primary amides is 1. The van der Waals surface area contributed by atoms with Gasteiger partial charge < -0.3 is 15.9 Å². The highest BCUT2D eigenvalue weighted by atomic mass is 79.9. The van der Waals surface area contributed by atoms with Gasteiger partial charge in [0.25, 0.3) is 0 Å². The van der Waals surface area contributed by atoms with E-state index < -0.39 is 29.4 Å². The number of nitrogens with two attached hydrogens (primary N) is 1. The second kappa shape index (κ2) is 10.7. The fourth-order valence-corrected chi connectivity index (χ4v) is 7.44. The summed E-state index contributed by atoms with van der Waals surface area (Å²) < 4.78 is 1.93. The van der Waals surface area contributed by atoms with E-state index >= 15 is 0 Å². The maximum Gasteiger partial charge on any atom is 0.220 e. The Morgan fingerprint density at radius 3 is 2.66 bits per heavy atom. The minimum atomic E-state index is -1.73. The second-order valence-electron chi connectivity index (χ2n) is 7.79. The van der Waals surface area contributed by atoms with Gasteiger partial charge >= 0.3 is 0 Å². The van der Waals surface area contributed by atoms with Gasteiger partial charge in [-0.1, -0.05) is 19.1 Å². The van der Waals surface area contributed by atoms with Gasteiger partial charge in [0.15, 0.2) is 5.78 Å². The highest BCUT2D eigenvalue weighted by molar-refractivity contribution is 9.12. The number of aliphatic hydroxyl groups is 2. The molecular formula is C21H29Br2NO4S. The maximum atomic E-state index is 13.3. The van der Waals surface area contributed by atoms with E-state index in [0.29, 0.717) is 12.8 Å². The molecule has 5 nitrogen and oxygen atoms in total. The molecule has 2 unspecified atom stereocenters. The van der Waals surface area contributed by atoms with E-state index in [1.807, 2.05) is 32.1 Å². The van der Waals surface area contributed by atoms with Gasteiger partial charge in [-0.15, -0.1) is 11.3 Å². The van der Waals surface area contributed by atoms with Crippen LogP contribution in [0.5, 0.6) is 0 Å². The zero-order valence-corrected chi connectivity index (χ0v) is 20.7. The first-order chi connectivity index (χ1) is 13.6. The van der Waals surface area contributed by atoms with E-state index in [9.17, 15) is 19.8 Å². The molecule has 1 aromatic heterocycles. The van der Waals surface area contributed by atoms with Gasteiger partial charge in [-0.25, -0.2) is 0 Å². The quantitative estimate of drug-likeness (QED) is 0.368. The van der Waals surface area contributed by atoms with Crippen LogP contribution >= 0.6 is 43.2 Å². The van der Waals surface area contributed by atoms with Gasteiger partial charge in [0.05, 0.1) is 13.7 Å². The molecule has 1 saturated carbocycles. The van der Waals surface area contributed by atoms with Crippen molar-refractivity contribution < 1.29 is 19.8 Å². The number of rotatable bonds is 10. The number of hydrogen-bond acceptors (Lipinski definition) is 5. The first-order valence-corrected chi connectivity index (χ1v) is 12.3. The largest absolute Gasteiger partial charge is 0.393 e. The van der Waals surface area contributed by atoms with Crippen LogP contribution in [0.25, 0.3) is 0 Å². The number of Topliss-reactive ketones (excluding diaryl/α,β-unsaturated/α-hetero) is 1. The molecule has 5 atom stereocenters. The summed E-state index contributed by atoms with van der Waals surface area (Å²) in [5.74, 6) is -2.23. The molecule has 1 amide bonds. The summed E-state index contributed by atoms with van der Waals surface area (Å²) >= 11 is 8.57. The Kier molecular flexibility index (Phi) is 9.09. The highest BCUT2D eigenvalue weighted by Crippen LogP contribution is 2.46. The summed E-state index contributed by atoms with van der Waals surface area (Å²) in [7, 11) is 0. The molecule has 29 heavy (non-hydrogen) atoms. The molecule has 8 heteroatoms. The molecular weight excluding hydrogens is 522 g/mol. The number of hydrogen-bond donors (Lipinski definition) is 3. The summed E-state index contributed by atoms with van der Waals surface area (Å²) in [6.07, 6.45) is 5.13. The van der Waals surface area contributed by atoms with Gasteiger partial charge in [0.1, 0.15) is 5.60 Å². The average Bonchev–Trinajstić information content (AvgIpc) is 3.14. The van der Waals surface area contributed by atoms with Crippen molar-refractivity contribution >= 4 is 54.9 Å². The first-order valence-electron chi connectivity index (χ1n) is 9.92. The normalized spacial score (nSPS) is 26.7. The SMILES string of the molecule is CC=CCCC(C(N)=O)C1C[C@H](O)C[C@@]1(O)C(=O)C[C@H](CC)c1cc(Br)sc1Br. The van der Waals surface area contributed by atoms with Gasteiger partial charge in [0.2, 0.25) is 5.91 Å². The third kappa shape index (κ3) is 5.79. The first kappa shape index (κ1) is 24.7. The molecule has 1 heterocycles. The summed E-state index contributed by atoms with van der Waals surface area (Å²) in [4.78, 5) is 25.4. The van der Waals surface area contributed by atoms with Crippen molar-refractivity contribution in [1.82, 2.24) is 0 Å². The van der Waals surface area contributed by atoms with Crippen LogP contribution in [-0.2, 0) is 9.59 Å². The predicted octanol–water partition coefficient (Wildman–Crippen LogP) is 4.69. The Labute approximate surface area is 193 Å². The van der Waals surface area contributed by atoms with Crippen molar-refractivity contribution in [3.63, 3.8) is 0 Å². The third-order valence-electron chi connectivity index (χ3n) is 5.95. The Balaban J connectivity index is 2.26. The Hall–Kier alpha value is -0.540. The molecule has 1 aliphatic rings. The topological polar surface area (TPSA) is 101 Å². The van der Waals surface area contributed by atoms with Crippen LogP contribution in [0.15, 0.2) is 25.8 Å². The number of ketones is 1. The molecule has 0 radical (unpaired) electrons. The van der Waals surface area contributed by atoms with Crippen LogP contribution in [0.4, 0.5) is 0 Å². The van der Waals surface area contributed by atoms with Crippen LogP contribution in [0.1, 0.15) is 63.9 Å². The minimum absolute atomic E-state index is 0.0468. The zero-order valence-electron chi connectivity index (χ0n) is 16.7. The van der Waals surface area contributed by atoms with E-state index in [4.69, 9.17) is 5.73 Å². The number of allylic oxidation sites excluding steroid dienone is 2. The van der Waals surface area contributed by atoms with Crippen molar-refractivity contribution in [3.05, 3.63) is 31.4 Å². The summed E-state index contributed by atoms with van der Waals surface area (Å²) in [6.45, 7) is 3.90. The number of amides is 1. The molecule has 0 aliphatic heterocycles. The Morgan fingerprint density at radius 2 is 2.14 bits per heavy atom. The lowest BCUT2D eigenvalue weighted by atomic mass is 9.73. The number of aliphatic hydroxyl groups excluding tert-OH is 1. The highest BCUT2D eigenvalue weighted by Gasteiger charge is 2.54. The van der Waals surface area contributed by atoms with E-state index in [1.165, 1.54) is 0 Å². The van der Waals surface area contributed by atoms with Crippen molar-refractivity contribution in [2.24, 2.45) is 17.6 Å². The van der Waals surface area contributed by atoms with Crippen LogP contribution in [-0.4, -0.2) is 33.6 Å². The summed E-state index contributed by atoms with van der Waals surface area (Å²) in [5.41, 5.74) is 4.92. The number of carbonyl (C=O) groups excluding carboxylic acids is 2. The van der Waals surface area contributed by atoms with Gasteiger partial charge in [-0.3, -0.25) is 9.59 Å². The van der Waals surface area contributed by atoms with Gasteiger partial charge in [-0.2, -0.15) is 0 Å². The van der Waals surface area contributed by atoms with E-state index in [0.717, 1.165) is 19.6 Å². The zero-order chi connectivity index (χ0) is 21.8. The number of halogens is 2. The number of carbonyl (C=O) groups is 2. The Morgan fingerprint density at radius 1 is 1.45 bits per heavy atom. The van der Waals surface area contributed by atoms with Crippen LogP contribution in [0, 0.1) is 11.8 Å². The lowest BCUT2D eigenvalue weighted by Gasteiger charge is -2.34. The standard InChI is InChI=1S/C21H29Br2NO4S/c1-3-5-6-7-14(20(24)27)16-9-13(25)11-21(16,28)17(26)8-12(4-2)15-10-18(22)29-19(15)23/h3,5,10,12-14,16,25,28H,4,6-9,11H2,1-2H3,(H2,24,27)/t12-,13-,14?,16?,21-/m0/s1.